The summed E-state index contributed by atoms with van der Waals surface area (Å²) in [5.74, 6) is 0.880. The second-order valence-corrected chi connectivity index (χ2v) is 5.20. The van der Waals surface area contributed by atoms with Crippen LogP contribution in [0.3, 0.4) is 0 Å². The fraction of sp³-hybridized carbons (Fsp3) is 0.643. The van der Waals surface area contributed by atoms with Crippen molar-refractivity contribution in [3.63, 3.8) is 0 Å². The van der Waals surface area contributed by atoms with E-state index in [0.29, 0.717) is 6.04 Å². The number of nitrogens with zero attached hydrogens (tertiary/aromatic N) is 2. The molecule has 0 aromatic carbocycles. The Balaban J connectivity index is 1.95. The Morgan fingerprint density at radius 1 is 1.37 bits per heavy atom. The first-order chi connectivity index (χ1) is 9.08. The number of carboxylic acids is 1. The number of nitrogens with one attached hydrogen (secondary N) is 1. The highest BCUT2D eigenvalue weighted by Crippen LogP contribution is 2.26. The lowest BCUT2D eigenvalue weighted by atomic mass is 9.86. The molecule has 104 valence electrons. The molecule has 5 heteroatoms. The van der Waals surface area contributed by atoms with Gasteiger partial charge in [0.15, 0.2) is 0 Å². The summed E-state index contributed by atoms with van der Waals surface area (Å²) < 4.78 is 0. The predicted octanol–water partition coefficient (Wildman–Crippen LogP) is 2.40. The van der Waals surface area contributed by atoms with Gasteiger partial charge in [0.25, 0.3) is 0 Å². The molecule has 5 nitrogen and oxygen atoms in total. The highest BCUT2D eigenvalue weighted by molar-refractivity contribution is 5.70. The molecule has 2 rings (SSSR count). The molecule has 0 bridgehead atoms. The van der Waals surface area contributed by atoms with Gasteiger partial charge < -0.3 is 10.4 Å². The van der Waals surface area contributed by atoms with Crippen molar-refractivity contribution in [1.29, 1.82) is 0 Å². The second-order valence-electron chi connectivity index (χ2n) is 5.20. The quantitative estimate of drug-likeness (QED) is 0.872. The molecule has 0 atom stereocenters. The zero-order chi connectivity index (χ0) is 13.8. The topological polar surface area (TPSA) is 75.1 Å². The summed E-state index contributed by atoms with van der Waals surface area (Å²) in [6, 6.07) is 2.28. The molecule has 1 fully saturated rings. The summed E-state index contributed by atoms with van der Waals surface area (Å²) in [7, 11) is 0. The van der Waals surface area contributed by atoms with Gasteiger partial charge in [-0.05, 0) is 32.6 Å². The lowest BCUT2D eigenvalue weighted by molar-refractivity contribution is -0.142. The average molecular weight is 263 g/mol. The van der Waals surface area contributed by atoms with Crippen LogP contribution in [0.2, 0.25) is 0 Å². The molecule has 2 N–H and O–H groups in total. The van der Waals surface area contributed by atoms with Crippen molar-refractivity contribution >= 4 is 11.8 Å². The number of aromatic nitrogens is 2. The van der Waals surface area contributed by atoms with Crippen LogP contribution in [0.15, 0.2) is 6.07 Å². The number of carboxylic acid groups (broad SMARTS) is 1. The van der Waals surface area contributed by atoms with Crippen molar-refractivity contribution in [3.8, 4) is 0 Å². The van der Waals surface area contributed by atoms with Crippen molar-refractivity contribution in [2.45, 2.75) is 52.0 Å². The molecule has 1 saturated carbocycles. The van der Waals surface area contributed by atoms with Gasteiger partial charge in [-0.1, -0.05) is 6.92 Å². The Hall–Kier alpha value is -1.65. The second kappa shape index (κ2) is 5.99. The minimum atomic E-state index is -0.662. The minimum absolute atomic E-state index is 0.170. The maximum atomic E-state index is 10.9. The lowest BCUT2D eigenvalue weighted by Crippen LogP contribution is -2.29. The lowest BCUT2D eigenvalue weighted by Gasteiger charge is -2.27. The van der Waals surface area contributed by atoms with Gasteiger partial charge in [0, 0.05) is 24.2 Å². The van der Waals surface area contributed by atoms with Crippen LogP contribution in [0.1, 0.15) is 44.1 Å². The molecular formula is C14H21N3O2. The first-order valence-corrected chi connectivity index (χ1v) is 6.92. The summed E-state index contributed by atoms with van der Waals surface area (Å²) in [5.41, 5.74) is 0.966. The predicted molar refractivity (Wildman–Crippen MR) is 73.2 cm³/mol. The Bertz CT molecular complexity index is 454. The van der Waals surface area contributed by atoms with E-state index in [-0.39, 0.29) is 5.92 Å². The largest absolute Gasteiger partial charge is 0.481 e. The molecule has 0 amide bonds. The summed E-state index contributed by atoms with van der Waals surface area (Å²) in [6.45, 7) is 4.00. The van der Waals surface area contributed by atoms with E-state index >= 15 is 0 Å². The zero-order valence-corrected chi connectivity index (χ0v) is 11.5. The van der Waals surface area contributed by atoms with Gasteiger partial charge in [0.2, 0.25) is 0 Å². The standard InChI is InChI=1S/C14H21N3O2/c1-3-12-15-9(2)8-13(17-12)16-11-6-4-10(5-7-11)14(18)19/h8,10-11H,3-7H2,1-2H3,(H,18,19)(H,15,16,17). The number of aryl methyl sites for hydroxylation is 2. The number of anilines is 1. The van der Waals surface area contributed by atoms with Crippen LogP contribution in [-0.2, 0) is 11.2 Å². The third kappa shape index (κ3) is 3.66. The van der Waals surface area contributed by atoms with Gasteiger partial charge in [-0.3, -0.25) is 4.79 Å². The Labute approximate surface area is 113 Å². The van der Waals surface area contributed by atoms with Crippen LogP contribution in [-0.4, -0.2) is 27.1 Å². The highest BCUT2D eigenvalue weighted by Gasteiger charge is 2.25. The molecule has 0 radical (unpaired) electrons. The van der Waals surface area contributed by atoms with Crippen molar-refractivity contribution in [2.24, 2.45) is 5.92 Å². The average Bonchev–Trinajstić information content (AvgIpc) is 2.38. The van der Waals surface area contributed by atoms with Crippen LogP contribution in [0.25, 0.3) is 0 Å². The molecule has 1 heterocycles. The summed E-state index contributed by atoms with van der Waals surface area (Å²) in [4.78, 5) is 19.7. The Kier molecular flexibility index (Phi) is 4.35. The van der Waals surface area contributed by atoms with Crippen LogP contribution >= 0.6 is 0 Å². The third-order valence-corrected chi connectivity index (χ3v) is 3.65. The van der Waals surface area contributed by atoms with Gasteiger partial charge in [0.05, 0.1) is 5.92 Å². The first-order valence-electron chi connectivity index (χ1n) is 6.92. The van der Waals surface area contributed by atoms with Gasteiger partial charge in [-0.15, -0.1) is 0 Å². The molecule has 19 heavy (non-hydrogen) atoms. The molecule has 0 saturated heterocycles. The van der Waals surface area contributed by atoms with E-state index in [9.17, 15) is 4.79 Å². The Morgan fingerprint density at radius 2 is 2.05 bits per heavy atom. The molecule has 1 aromatic rings. The van der Waals surface area contributed by atoms with Crippen LogP contribution in [0.5, 0.6) is 0 Å². The van der Waals surface area contributed by atoms with Gasteiger partial charge in [-0.25, -0.2) is 9.97 Å². The van der Waals surface area contributed by atoms with Crippen LogP contribution < -0.4 is 5.32 Å². The summed E-state index contributed by atoms with van der Waals surface area (Å²) in [5, 5.41) is 12.4. The molecule has 0 spiro atoms. The van der Waals surface area contributed by atoms with Crippen LogP contribution in [0.4, 0.5) is 5.82 Å². The van der Waals surface area contributed by atoms with Gasteiger partial charge in [0.1, 0.15) is 11.6 Å². The summed E-state index contributed by atoms with van der Waals surface area (Å²) in [6.07, 6.45) is 4.10. The number of carbonyl (C=O) groups is 1. The number of hydrogen-bond donors (Lipinski definition) is 2. The summed E-state index contributed by atoms with van der Waals surface area (Å²) >= 11 is 0. The number of rotatable bonds is 4. The van der Waals surface area contributed by atoms with Gasteiger partial charge in [-0.2, -0.15) is 0 Å². The fourth-order valence-electron chi connectivity index (χ4n) is 2.56. The first kappa shape index (κ1) is 13.8. The smallest absolute Gasteiger partial charge is 0.306 e. The van der Waals surface area contributed by atoms with E-state index in [1.807, 2.05) is 19.9 Å². The Morgan fingerprint density at radius 3 is 2.63 bits per heavy atom. The van der Waals surface area contributed by atoms with Crippen molar-refractivity contribution < 1.29 is 9.90 Å². The normalized spacial score (nSPS) is 23.1. The third-order valence-electron chi connectivity index (χ3n) is 3.65. The highest BCUT2D eigenvalue weighted by atomic mass is 16.4. The van der Waals surface area contributed by atoms with E-state index in [4.69, 9.17) is 5.11 Å². The molecule has 0 unspecified atom stereocenters. The van der Waals surface area contributed by atoms with Crippen molar-refractivity contribution in [3.05, 3.63) is 17.6 Å². The van der Waals surface area contributed by atoms with E-state index in [1.54, 1.807) is 0 Å². The fourth-order valence-corrected chi connectivity index (χ4v) is 2.56. The van der Waals surface area contributed by atoms with E-state index in [0.717, 1.165) is 49.4 Å². The van der Waals surface area contributed by atoms with Crippen molar-refractivity contribution in [1.82, 2.24) is 9.97 Å². The van der Waals surface area contributed by atoms with Crippen molar-refractivity contribution in [2.75, 3.05) is 5.32 Å². The monoisotopic (exact) mass is 263 g/mol. The zero-order valence-electron chi connectivity index (χ0n) is 11.5. The number of aliphatic carboxylic acids is 1. The maximum Gasteiger partial charge on any atom is 0.306 e. The van der Waals surface area contributed by atoms with E-state index in [2.05, 4.69) is 15.3 Å². The van der Waals surface area contributed by atoms with E-state index < -0.39 is 5.97 Å². The molecular weight excluding hydrogens is 242 g/mol. The minimum Gasteiger partial charge on any atom is -0.481 e. The molecule has 0 aliphatic heterocycles. The molecule has 1 aliphatic carbocycles. The SMILES string of the molecule is CCc1nc(C)cc(NC2CCC(C(=O)O)CC2)n1. The van der Waals surface area contributed by atoms with Crippen LogP contribution in [0, 0.1) is 12.8 Å². The molecule has 1 aliphatic rings. The van der Waals surface area contributed by atoms with Gasteiger partial charge >= 0.3 is 5.97 Å². The number of hydrogen-bond acceptors (Lipinski definition) is 4. The maximum absolute atomic E-state index is 10.9. The molecule has 1 aromatic heterocycles. The van der Waals surface area contributed by atoms with E-state index in [1.165, 1.54) is 0 Å².